The summed E-state index contributed by atoms with van der Waals surface area (Å²) in [4.78, 5) is 12.3. The van der Waals surface area contributed by atoms with Crippen LogP contribution in [0.2, 0.25) is 0 Å². The molecule has 0 saturated carbocycles. The van der Waals surface area contributed by atoms with Crippen LogP contribution >= 0.6 is 31.9 Å². The van der Waals surface area contributed by atoms with Crippen LogP contribution in [0.1, 0.15) is 15.9 Å². The van der Waals surface area contributed by atoms with Crippen LogP contribution in [0.4, 0.5) is 11.4 Å². The second-order valence-electron chi connectivity index (χ2n) is 3.88. The first-order valence-corrected chi connectivity index (χ1v) is 6.71. The lowest BCUT2D eigenvalue weighted by molar-refractivity contribution is 0.103. The second kappa shape index (κ2) is 5.12. The van der Waals surface area contributed by atoms with Gasteiger partial charge in [0.2, 0.25) is 0 Å². The smallest absolute Gasteiger partial charge is 0.193 e. The van der Waals surface area contributed by atoms with Crippen molar-refractivity contribution in [3.63, 3.8) is 0 Å². The van der Waals surface area contributed by atoms with E-state index < -0.39 is 0 Å². The Bertz CT molecular complexity index is 532. The Morgan fingerprint density at radius 3 is 1.50 bits per heavy atom. The molecule has 0 aromatic heterocycles. The van der Waals surface area contributed by atoms with E-state index in [9.17, 15) is 4.79 Å². The van der Waals surface area contributed by atoms with Crippen LogP contribution in [0.15, 0.2) is 45.3 Å². The maximum Gasteiger partial charge on any atom is 0.193 e. The van der Waals surface area contributed by atoms with E-state index in [1.54, 1.807) is 36.4 Å². The summed E-state index contributed by atoms with van der Waals surface area (Å²) >= 11 is 6.63. The Labute approximate surface area is 121 Å². The first-order valence-electron chi connectivity index (χ1n) is 5.12. The molecule has 0 atom stereocenters. The van der Waals surface area contributed by atoms with Gasteiger partial charge in [0, 0.05) is 31.4 Å². The standard InChI is InChI=1S/C13H10Br2N2O/c14-9-1-7(3-11(16)5-9)13(18)8-2-10(15)6-12(17)4-8/h1-6H,16-17H2. The number of hydrogen-bond acceptors (Lipinski definition) is 3. The minimum Gasteiger partial charge on any atom is -0.399 e. The van der Waals surface area contributed by atoms with E-state index in [0.29, 0.717) is 22.5 Å². The van der Waals surface area contributed by atoms with Gasteiger partial charge in [0.15, 0.2) is 5.78 Å². The lowest BCUT2D eigenvalue weighted by Crippen LogP contribution is -2.03. The molecule has 0 aliphatic heterocycles. The van der Waals surface area contributed by atoms with Crippen molar-refractivity contribution in [2.75, 3.05) is 11.5 Å². The molecule has 0 amide bonds. The third-order valence-corrected chi connectivity index (χ3v) is 3.28. The van der Waals surface area contributed by atoms with Crippen molar-refractivity contribution in [1.82, 2.24) is 0 Å². The van der Waals surface area contributed by atoms with Gasteiger partial charge < -0.3 is 11.5 Å². The van der Waals surface area contributed by atoms with Crippen LogP contribution in [0.3, 0.4) is 0 Å². The minimum absolute atomic E-state index is 0.115. The van der Waals surface area contributed by atoms with Crippen LogP contribution in [-0.2, 0) is 0 Å². The van der Waals surface area contributed by atoms with E-state index in [-0.39, 0.29) is 5.78 Å². The first kappa shape index (κ1) is 13.1. The topological polar surface area (TPSA) is 69.1 Å². The molecule has 0 aliphatic rings. The number of ketones is 1. The van der Waals surface area contributed by atoms with Gasteiger partial charge >= 0.3 is 0 Å². The zero-order chi connectivity index (χ0) is 13.3. The SMILES string of the molecule is Nc1cc(Br)cc(C(=O)c2cc(N)cc(Br)c2)c1. The Hall–Kier alpha value is -1.33. The monoisotopic (exact) mass is 368 g/mol. The highest BCUT2D eigenvalue weighted by Crippen LogP contribution is 2.23. The third kappa shape index (κ3) is 2.91. The number of carbonyl (C=O) groups is 1. The molecule has 4 N–H and O–H groups in total. The van der Waals surface area contributed by atoms with Crippen molar-refractivity contribution < 1.29 is 4.79 Å². The molecule has 0 fully saturated rings. The van der Waals surface area contributed by atoms with Crippen LogP contribution in [0.5, 0.6) is 0 Å². The summed E-state index contributed by atoms with van der Waals surface area (Å²) < 4.78 is 1.54. The lowest BCUT2D eigenvalue weighted by Gasteiger charge is -2.05. The Kier molecular flexibility index (Phi) is 3.73. The van der Waals surface area contributed by atoms with Gasteiger partial charge in [-0.1, -0.05) is 31.9 Å². The number of nitrogen functional groups attached to an aromatic ring is 2. The quantitative estimate of drug-likeness (QED) is 0.627. The van der Waals surface area contributed by atoms with Crippen molar-refractivity contribution in [3.8, 4) is 0 Å². The molecule has 2 aromatic carbocycles. The van der Waals surface area contributed by atoms with Crippen molar-refractivity contribution in [1.29, 1.82) is 0 Å². The van der Waals surface area contributed by atoms with Crippen LogP contribution in [-0.4, -0.2) is 5.78 Å². The molecule has 0 radical (unpaired) electrons. The van der Waals surface area contributed by atoms with E-state index in [0.717, 1.165) is 8.95 Å². The average molecular weight is 370 g/mol. The summed E-state index contributed by atoms with van der Waals surface area (Å²) in [6.07, 6.45) is 0. The summed E-state index contributed by atoms with van der Waals surface area (Å²) in [5.74, 6) is -0.115. The summed E-state index contributed by atoms with van der Waals surface area (Å²) in [6.45, 7) is 0. The van der Waals surface area contributed by atoms with E-state index in [4.69, 9.17) is 11.5 Å². The van der Waals surface area contributed by atoms with Gasteiger partial charge in [0.05, 0.1) is 0 Å². The predicted octanol–water partition coefficient (Wildman–Crippen LogP) is 3.61. The molecule has 0 heterocycles. The molecule has 0 unspecified atom stereocenters. The second-order valence-corrected chi connectivity index (χ2v) is 5.71. The van der Waals surface area contributed by atoms with Crippen molar-refractivity contribution >= 4 is 49.0 Å². The Morgan fingerprint density at radius 1 is 0.778 bits per heavy atom. The number of anilines is 2. The number of hydrogen-bond donors (Lipinski definition) is 2. The van der Waals surface area contributed by atoms with Gasteiger partial charge in [0.25, 0.3) is 0 Å². The highest BCUT2D eigenvalue weighted by molar-refractivity contribution is 9.10. The fraction of sp³-hybridized carbons (Fsp3) is 0. The summed E-state index contributed by atoms with van der Waals surface area (Å²) in [5.41, 5.74) is 13.6. The third-order valence-electron chi connectivity index (χ3n) is 2.36. The highest BCUT2D eigenvalue weighted by Gasteiger charge is 2.11. The normalized spacial score (nSPS) is 10.3. The fourth-order valence-corrected chi connectivity index (χ4v) is 2.68. The van der Waals surface area contributed by atoms with Gasteiger partial charge in [-0.2, -0.15) is 0 Å². The van der Waals surface area contributed by atoms with E-state index >= 15 is 0 Å². The molecule has 92 valence electrons. The van der Waals surface area contributed by atoms with Crippen molar-refractivity contribution in [2.24, 2.45) is 0 Å². The number of nitrogens with two attached hydrogens (primary N) is 2. The van der Waals surface area contributed by atoms with Gasteiger partial charge in [-0.05, 0) is 36.4 Å². The number of benzene rings is 2. The molecular formula is C13H10Br2N2O. The van der Waals surface area contributed by atoms with Crippen molar-refractivity contribution in [2.45, 2.75) is 0 Å². The van der Waals surface area contributed by atoms with E-state index in [1.165, 1.54) is 0 Å². The van der Waals surface area contributed by atoms with Crippen LogP contribution in [0, 0.1) is 0 Å². The van der Waals surface area contributed by atoms with Crippen LogP contribution in [0.25, 0.3) is 0 Å². The Morgan fingerprint density at radius 2 is 1.17 bits per heavy atom. The molecule has 3 nitrogen and oxygen atoms in total. The van der Waals surface area contributed by atoms with E-state index in [2.05, 4.69) is 31.9 Å². The predicted molar refractivity (Wildman–Crippen MR) is 80.5 cm³/mol. The molecule has 2 aromatic rings. The summed E-state index contributed by atoms with van der Waals surface area (Å²) in [6, 6.07) is 10.2. The van der Waals surface area contributed by atoms with Crippen LogP contribution < -0.4 is 11.5 Å². The van der Waals surface area contributed by atoms with Gasteiger partial charge in [0.1, 0.15) is 0 Å². The summed E-state index contributed by atoms with van der Waals surface area (Å²) in [7, 11) is 0. The molecule has 18 heavy (non-hydrogen) atoms. The van der Waals surface area contributed by atoms with Gasteiger partial charge in [-0.15, -0.1) is 0 Å². The molecule has 0 aliphatic carbocycles. The van der Waals surface area contributed by atoms with Gasteiger partial charge in [-0.25, -0.2) is 0 Å². The van der Waals surface area contributed by atoms with Crippen molar-refractivity contribution in [3.05, 3.63) is 56.5 Å². The highest BCUT2D eigenvalue weighted by atomic mass is 79.9. The Balaban J connectivity index is 2.47. The molecule has 0 bridgehead atoms. The molecular weight excluding hydrogens is 360 g/mol. The minimum atomic E-state index is -0.115. The summed E-state index contributed by atoms with van der Waals surface area (Å²) in [5, 5.41) is 0. The lowest BCUT2D eigenvalue weighted by atomic mass is 10.0. The maximum absolute atomic E-state index is 12.3. The number of carbonyl (C=O) groups excluding carboxylic acids is 1. The average Bonchev–Trinajstić information content (AvgIpc) is 2.25. The molecule has 2 rings (SSSR count). The number of rotatable bonds is 2. The zero-order valence-corrected chi connectivity index (χ0v) is 12.5. The first-order chi connectivity index (χ1) is 8.45. The molecule has 5 heteroatoms. The van der Waals surface area contributed by atoms with Gasteiger partial charge in [-0.3, -0.25) is 4.79 Å². The zero-order valence-electron chi connectivity index (χ0n) is 9.28. The fourth-order valence-electron chi connectivity index (χ4n) is 1.65. The number of halogens is 2. The largest absolute Gasteiger partial charge is 0.399 e. The van der Waals surface area contributed by atoms with E-state index in [1.807, 2.05) is 0 Å². The molecule has 0 spiro atoms. The maximum atomic E-state index is 12.3. The molecule has 0 saturated heterocycles.